The molecule has 7 amide bonds. The molecule has 1 aliphatic heterocycles. The summed E-state index contributed by atoms with van der Waals surface area (Å²) in [6, 6.07) is 4.32. The van der Waals surface area contributed by atoms with E-state index in [-0.39, 0.29) is 114 Å². The van der Waals surface area contributed by atoms with Gasteiger partial charge in [-0.15, -0.1) is 0 Å². The fourth-order valence-electron chi connectivity index (χ4n) is 8.64. The summed E-state index contributed by atoms with van der Waals surface area (Å²) in [6.45, 7) is 7.15. The number of aryl methyl sites for hydroxylation is 4. The van der Waals surface area contributed by atoms with E-state index in [1.807, 2.05) is 6.92 Å². The van der Waals surface area contributed by atoms with Crippen LogP contribution in [-0.4, -0.2) is 131 Å². The topological polar surface area (TPSA) is 398 Å². The van der Waals surface area contributed by atoms with Crippen molar-refractivity contribution in [2.24, 2.45) is 17.4 Å². The molecule has 0 fully saturated rings. The molecule has 0 radical (unpaired) electrons. The van der Waals surface area contributed by atoms with Crippen LogP contribution in [0.2, 0.25) is 0 Å². The molecule has 6 aromatic rings. The van der Waals surface area contributed by atoms with Gasteiger partial charge in [0.2, 0.25) is 41.1 Å². The van der Waals surface area contributed by atoms with Crippen molar-refractivity contribution < 1.29 is 76.1 Å². The number of nitrogens with one attached hydrogen (secondary N) is 3. The molecule has 7 rings (SSSR count). The molecule has 0 unspecified atom stereocenters. The smallest absolute Gasteiger partial charge is 0.309 e. The zero-order valence-electron chi connectivity index (χ0n) is 44.9. The average molecular weight is 1120 g/mol. The van der Waals surface area contributed by atoms with Crippen molar-refractivity contribution >= 4 is 93.0 Å². The maximum atomic E-state index is 13.9. The molecule has 2 aromatic carbocycles. The zero-order valence-corrected chi connectivity index (χ0v) is 44.9. The normalized spacial score (nSPS) is 13.0. The van der Waals surface area contributed by atoms with Crippen molar-refractivity contribution in [3.63, 3.8) is 0 Å². The van der Waals surface area contributed by atoms with E-state index in [9.17, 15) is 53.1 Å². The summed E-state index contributed by atoms with van der Waals surface area (Å²) < 4.78 is 31.8. The van der Waals surface area contributed by atoms with E-state index in [0.29, 0.717) is 34.6 Å². The molecule has 28 nitrogen and oxygen atoms in total. The Bertz CT molecular complexity index is 3550. The number of nitrogens with two attached hydrogens (primary N) is 2. The number of anilines is 2. The third-order valence-electron chi connectivity index (χ3n) is 12.6. The lowest BCUT2D eigenvalue weighted by Crippen LogP contribution is -2.47. The van der Waals surface area contributed by atoms with Crippen molar-refractivity contribution in [1.82, 2.24) is 39.3 Å². The highest BCUT2D eigenvalue weighted by Crippen LogP contribution is 2.34. The van der Waals surface area contributed by atoms with E-state index < -0.39 is 90.4 Å². The van der Waals surface area contributed by atoms with Crippen LogP contribution in [0.5, 0.6) is 11.5 Å². The molecule has 0 spiro atoms. The number of primary amides is 2. The van der Waals surface area contributed by atoms with Crippen molar-refractivity contribution in [3.8, 4) is 11.5 Å². The number of fused-ring (bicyclic) bond motifs is 2. The Morgan fingerprint density at radius 1 is 0.741 bits per heavy atom. The Hall–Kier alpha value is -10.0. The van der Waals surface area contributed by atoms with E-state index in [1.54, 1.807) is 42.1 Å². The summed E-state index contributed by atoms with van der Waals surface area (Å²) in [7, 11) is 1.39. The minimum absolute atomic E-state index is 0.00551. The van der Waals surface area contributed by atoms with Crippen molar-refractivity contribution in [1.29, 1.82) is 0 Å². The second kappa shape index (κ2) is 25.6. The number of hydrogen-bond acceptors (Lipinski definition) is 19. The van der Waals surface area contributed by atoms with Gasteiger partial charge >= 0.3 is 11.9 Å². The molecule has 426 valence electrons. The highest BCUT2D eigenvalue weighted by atomic mass is 16.5. The number of allylic oxidation sites excluding steroid dienone is 2. The highest BCUT2D eigenvalue weighted by molar-refractivity contribution is 6.14. The Morgan fingerprint density at radius 3 is 1.73 bits per heavy atom. The number of ether oxygens (including phenoxy) is 3. The zero-order chi connectivity index (χ0) is 58.8. The number of hydrogen-bond donors (Lipinski definition) is 6. The van der Waals surface area contributed by atoms with Crippen LogP contribution < -0.4 is 36.9 Å². The molecule has 0 saturated heterocycles. The lowest BCUT2D eigenvalue weighted by atomic mass is 9.97. The fourth-order valence-corrected chi connectivity index (χ4v) is 8.64. The predicted molar refractivity (Wildman–Crippen MR) is 284 cm³/mol. The number of Topliss-reactive ketones (excluding diaryl/α,β-unsaturated/α-hetero) is 1. The second-order valence-corrected chi connectivity index (χ2v) is 18.4. The molecule has 0 saturated carbocycles. The number of amides is 7. The van der Waals surface area contributed by atoms with Gasteiger partial charge in [-0.25, -0.2) is 19.9 Å². The number of imide groups is 1. The number of aliphatic carboxylic acids is 1. The standard InChI is InChI=1S/C53H58N12O16/c1-7-31-45(80-27(4)56-31)49(74)61-52-59-34-21-29(47(54)72)23-37(77-6)43(34)63(52)16-9-10-17-64-44-35(60-53(64)62-50(75)46-32(8-2)57-28(5)81-46)22-30(48(55)73)24-38(44)78-18-11-19-79-51(76)26(3)20-36(66)33(12-15-42(70)71)58-39(67)25-65-40(68)13-14-41(65)69/h9-10,13-14,21-24,26,33H,7-8,11-12,15-20,25H2,1-6H3,(H2,54,72)(H2,55,73)(H,58,67)(H,70,71)(H,59,61,74)(H,60,62,75)/b10-9+/t26-,33-/m0/s1. The summed E-state index contributed by atoms with van der Waals surface area (Å²) in [6.07, 6.45) is 4.91. The van der Waals surface area contributed by atoms with Gasteiger partial charge in [0, 0.05) is 69.5 Å². The van der Waals surface area contributed by atoms with Gasteiger partial charge in [-0.1, -0.05) is 32.9 Å². The largest absolute Gasteiger partial charge is 0.494 e. The molecule has 5 heterocycles. The first-order chi connectivity index (χ1) is 38.6. The van der Waals surface area contributed by atoms with Gasteiger partial charge < -0.3 is 54.1 Å². The Balaban J connectivity index is 1.12. The summed E-state index contributed by atoms with van der Waals surface area (Å²) in [5.41, 5.74) is 13.4. The van der Waals surface area contributed by atoms with E-state index in [0.717, 1.165) is 12.2 Å². The van der Waals surface area contributed by atoms with Crippen LogP contribution in [0, 0.1) is 19.8 Å². The summed E-state index contributed by atoms with van der Waals surface area (Å²) in [5.74, 6) is -8.26. The number of aromatic nitrogens is 6. The number of carboxylic acids is 1. The van der Waals surface area contributed by atoms with Crippen LogP contribution in [0.1, 0.15) is 111 Å². The highest BCUT2D eigenvalue weighted by Gasteiger charge is 2.31. The average Bonchev–Trinajstić information content (AvgIpc) is 4.36. The lowest BCUT2D eigenvalue weighted by molar-refractivity contribution is -0.150. The number of benzene rings is 2. The molecule has 0 bridgehead atoms. The number of esters is 1. The number of oxazole rings is 2. The predicted octanol–water partition coefficient (Wildman–Crippen LogP) is 3.25. The number of nitrogens with zero attached hydrogens (tertiary/aromatic N) is 7. The number of ketones is 1. The molecule has 8 N–H and O–H groups in total. The van der Waals surface area contributed by atoms with Crippen LogP contribution in [0.15, 0.2) is 57.4 Å². The first kappa shape index (κ1) is 58.7. The lowest BCUT2D eigenvalue weighted by Gasteiger charge is -2.20. The van der Waals surface area contributed by atoms with Crippen LogP contribution in [0.4, 0.5) is 11.9 Å². The first-order valence-electron chi connectivity index (χ1n) is 25.4. The molecule has 4 aromatic heterocycles. The van der Waals surface area contributed by atoms with E-state index in [1.165, 1.54) is 38.3 Å². The maximum absolute atomic E-state index is 13.9. The van der Waals surface area contributed by atoms with Gasteiger partial charge in [-0.3, -0.25) is 63.5 Å². The molecule has 81 heavy (non-hydrogen) atoms. The summed E-state index contributed by atoms with van der Waals surface area (Å²) in [4.78, 5) is 146. The van der Waals surface area contributed by atoms with Crippen molar-refractivity contribution in [2.75, 3.05) is 37.5 Å². The van der Waals surface area contributed by atoms with Gasteiger partial charge in [-0.2, -0.15) is 0 Å². The van der Waals surface area contributed by atoms with Crippen LogP contribution in [-0.2, 0) is 59.4 Å². The molecule has 1 aliphatic rings. The Morgan fingerprint density at radius 2 is 1.25 bits per heavy atom. The Kier molecular flexibility index (Phi) is 18.6. The quantitative estimate of drug-likeness (QED) is 0.0178. The van der Waals surface area contributed by atoms with E-state index in [4.69, 9.17) is 34.5 Å². The molecule has 2 atom stereocenters. The van der Waals surface area contributed by atoms with E-state index >= 15 is 0 Å². The molecular formula is C53H58N12O16. The molecular weight excluding hydrogens is 1060 g/mol. The van der Waals surface area contributed by atoms with Crippen LogP contribution in [0.25, 0.3) is 22.1 Å². The van der Waals surface area contributed by atoms with Gasteiger partial charge in [0.15, 0.2) is 17.6 Å². The number of imidazole rings is 2. The SMILES string of the molecule is CCc1nc(C)oc1C(=O)Nc1nc2cc(C(N)=O)cc(OC)c2n1C/C=C/Cn1c(NC(=O)c2oc(C)nc2CC)nc2cc(C(N)=O)cc(OCCCOC(=O)[C@@H](C)CC(=O)[C@H](CCC(=O)O)NC(=O)CN3C(=O)C=CC3=O)c21. The summed E-state index contributed by atoms with van der Waals surface area (Å²) in [5, 5.41) is 17.2. The van der Waals surface area contributed by atoms with Crippen molar-refractivity contribution in [2.45, 2.75) is 92.3 Å². The monoisotopic (exact) mass is 1120 g/mol. The van der Waals surface area contributed by atoms with Gasteiger partial charge in [0.1, 0.15) is 29.1 Å². The van der Waals surface area contributed by atoms with Gasteiger partial charge in [0.25, 0.3) is 23.6 Å². The second-order valence-electron chi connectivity index (χ2n) is 18.4. The number of rotatable bonds is 28. The van der Waals surface area contributed by atoms with Gasteiger partial charge in [0.05, 0.1) is 54.7 Å². The van der Waals surface area contributed by atoms with Crippen molar-refractivity contribution in [3.05, 3.63) is 94.4 Å². The molecule has 0 aliphatic carbocycles. The van der Waals surface area contributed by atoms with Crippen LogP contribution >= 0.6 is 0 Å². The first-order valence-corrected chi connectivity index (χ1v) is 25.4. The Labute approximate surface area is 460 Å². The minimum Gasteiger partial charge on any atom is -0.494 e. The number of carbonyl (C=O) groups is 10. The number of methoxy groups -OCH3 is 1. The van der Waals surface area contributed by atoms with Crippen LogP contribution in [0.3, 0.4) is 0 Å². The van der Waals surface area contributed by atoms with Gasteiger partial charge in [-0.05, 0) is 43.5 Å². The molecule has 28 heteroatoms. The minimum atomic E-state index is -1.36. The van der Waals surface area contributed by atoms with E-state index in [2.05, 4.69) is 35.9 Å². The number of carbonyl (C=O) groups excluding carboxylic acids is 9. The maximum Gasteiger partial charge on any atom is 0.309 e. The third kappa shape index (κ3) is 13.8. The number of carboxylic acid groups (broad SMARTS) is 1. The third-order valence-corrected chi connectivity index (χ3v) is 12.6. The summed E-state index contributed by atoms with van der Waals surface area (Å²) >= 11 is 0. The fraction of sp³-hybridized carbons (Fsp3) is 0.358.